The number of thiazole rings is 1. The van der Waals surface area contributed by atoms with E-state index in [4.69, 9.17) is 4.42 Å². The standard InChI is InChI=1S/C13H14N2O2S/c1-2-10-3-4-12(17-10)11(16)7-9-8-15-5-6-18-13(15)14-9/h3-6,8,11,16H,2,7H2,1H3. The third kappa shape index (κ3) is 2.07. The van der Waals surface area contributed by atoms with Crippen molar-refractivity contribution in [1.29, 1.82) is 0 Å². The molecule has 3 heterocycles. The second kappa shape index (κ2) is 4.59. The first-order valence-corrected chi connectivity index (χ1v) is 6.82. The van der Waals surface area contributed by atoms with Gasteiger partial charge in [-0.1, -0.05) is 6.92 Å². The van der Waals surface area contributed by atoms with Crippen molar-refractivity contribution < 1.29 is 9.52 Å². The Balaban J connectivity index is 1.77. The summed E-state index contributed by atoms with van der Waals surface area (Å²) >= 11 is 1.59. The summed E-state index contributed by atoms with van der Waals surface area (Å²) < 4.78 is 7.50. The highest BCUT2D eigenvalue weighted by atomic mass is 32.1. The fraction of sp³-hybridized carbons (Fsp3) is 0.308. The predicted molar refractivity (Wildman–Crippen MR) is 69.8 cm³/mol. The van der Waals surface area contributed by atoms with Crippen LogP contribution in [0.4, 0.5) is 0 Å². The number of furan rings is 1. The number of aromatic nitrogens is 2. The number of rotatable bonds is 4. The number of aliphatic hydroxyl groups is 1. The van der Waals surface area contributed by atoms with Gasteiger partial charge in [0.2, 0.25) is 0 Å². The molecule has 0 saturated carbocycles. The summed E-state index contributed by atoms with van der Waals surface area (Å²) in [5.41, 5.74) is 0.879. The Kier molecular flexibility index (Phi) is 2.93. The summed E-state index contributed by atoms with van der Waals surface area (Å²) in [5, 5.41) is 12.1. The third-order valence-corrected chi connectivity index (χ3v) is 3.68. The van der Waals surface area contributed by atoms with Gasteiger partial charge in [-0.3, -0.25) is 4.40 Å². The highest BCUT2D eigenvalue weighted by Crippen LogP contribution is 2.21. The van der Waals surface area contributed by atoms with Gasteiger partial charge in [-0.15, -0.1) is 11.3 Å². The number of nitrogens with zero attached hydrogens (tertiary/aromatic N) is 2. The van der Waals surface area contributed by atoms with Gasteiger partial charge in [0.1, 0.15) is 17.6 Å². The molecule has 3 rings (SSSR count). The predicted octanol–water partition coefficient (Wildman–Crippen LogP) is 2.83. The molecular formula is C13H14N2O2S. The molecular weight excluding hydrogens is 248 g/mol. The van der Waals surface area contributed by atoms with Crippen LogP contribution in [0.25, 0.3) is 4.96 Å². The van der Waals surface area contributed by atoms with Crippen molar-refractivity contribution >= 4 is 16.3 Å². The molecule has 1 N–H and O–H groups in total. The molecule has 5 heteroatoms. The molecule has 3 aromatic heterocycles. The molecule has 0 aliphatic carbocycles. The molecule has 0 radical (unpaired) electrons. The molecule has 0 saturated heterocycles. The zero-order valence-electron chi connectivity index (χ0n) is 10.0. The summed E-state index contributed by atoms with van der Waals surface area (Å²) in [6.07, 6.45) is 4.59. The molecule has 0 aliphatic rings. The SMILES string of the molecule is CCc1ccc(C(O)Cc2cn3ccsc3n2)o1. The van der Waals surface area contributed by atoms with Crippen molar-refractivity contribution in [2.45, 2.75) is 25.9 Å². The van der Waals surface area contributed by atoms with Gasteiger partial charge in [0, 0.05) is 30.6 Å². The summed E-state index contributed by atoms with van der Waals surface area (Å²) in [7, 11) is 0. The first-order valence-electron chi connectivity index (χ1n) is 5.94. The van der Waals surface area contributed by atoms with E-state index in [1.165, 1.54) is 0 Å². The van der Waals surface area contributed by atoms with E-state index in [1.54, 1.807) is 11.3 Å². The molecule has 0 bridgehead atoms. The van der Waals surface area contributed by atoms with Crippen LogP contribution >= 0.6 is 11.3 Å². The van der Waals surface area contributed by atoms with Crippen LogP contribution < -0.4 is 0 Å². The number of imidazole rings is 1. The van der Waals surface area contributed by atoms with Crippen LogP contribution in [0.2, 0.25) is 0 Å². The van der Waals surface area contributed by atoms with Gasteiger partial charge in [-0.2, -0.15) is 0 Å². The maximum atomic E-state index is 10.1. The Hall–Kier alpha value is -1.59. The summed E-state index contributed by atoms with van der Waals surface area (Å²) in [5.74, 6) is 1.51. The van der Waals surface area contributed by atoms with Gasteiger partial charge in [0.15, 0.2) is 4.96 Å². The zero-order chi connectivity index (χ0) is 12.5. The van der Waals surface area contributed by atoms with E-state index >= 15 is 0 Å². The number of hydrogen-bond donors (Lipinski definition) is 1. The fourth-order valence-electron chi connectivity index (χ4n) is 1.94. The topological polar surface area (TPSA) is 50.7 Å². The second-order valence-corrected chi connectivity index (χ2v) is 5.08. The Bertz CT molecular complexity index is 624. The smallest absolute Gasteiger partial charge is 0.193 e. The number of aliphatic hydroxyl groups excluding tert-OH is 1. The number of aryl methyl sites for hydroxylation is 1. The van der Waals surface area contributed by atoms with Crippen LogP contribution in [0.1, 0.15) is 30.2 Å². The molecule has 0 fully saturated rings. The lowest BCUT2D eigenvalue weighted by molar-refractivity contribution is 0.147. The Morgan fingerprint density at radius 1 is 1.50 bits per heavy atom. The van der Waals surface area contributed by atoms with Crippen LogP contribution in [0, 0.1) is 0 Å². The maximum Gasteiger partial charge on any atom is 0.193 e. The summed E-state index contributed by atoms with van der Waals surface area (Å²) in [6, 6.07) is 3.74. The molecule has 94 valence electrons. The molecule has 0 spiro atoms. The lowest BCUT2D eigenvalue weighted by atomic mass is 10.1. The van der Waals surface area contributed by atoms with Gasteiger partial charge in [0.25, 0.3) is 0 Å². The van der Waals surface area contributed by atoms with E-state index in [-0.39, 0.29) is 0 Å². The normalized spacial score (nSPS) is 13.2. The van der Waals surface area contributed by atoms with Crippen molar-refractivity contribution in [3.63, 3.8) is 0 Å². The monoisotopic (exact) mass is 262 g/mol. The van der Waals surface area contributed by atoms with Crippen molar-refractivity contribution in [2.24, 2.45) is 0 Å². The van der Waals surface area contributed by atoms with Crippen molar-refractivity contribution in [2.75, 3.05) is 0 Å². The van der Waals surface area contributed by atoms with Crippen LogP contribution in [0.3, 0.4) is 0 Å². The minimum atomic E-state index is -0.630. The molecule has 0 amide bonds. The van der Waals surface area contributed by atoms with Gasteiger partial charge in [0.05, 0.1) is 5.69 Å². The number of hydrogen-bond acceptors (Lipinski definition) is 4. The van der Waals surface area contributed by atoms with E-state index in [1.807, 2.05) is 41.2 Å². The van der Waals surface area contributed by atoms with Gasteiger partial charge >= 0.3 is 0 Å². The van der Waals surface area contributed by atoms with Gasteiger partial charge < -0.3 is 9.52 Å². The van der Waals surface area contributed by atoms with Gasteiger partial charge in [-0.05, 0) is 12.1 Å². The largest absolute Gasteiger partial charge is 0.463 e. The molecule has 1 unspecified atom stereocenters. The molecule has 0 aromatic carbocycles. The molecule has 18 heavy (non-hydrogen) atoms. The first kappa shape index (κ1) is 11.5. The van der Waals surface area contributed by atoms with Crippen molar-refractivity contribution in [3.05, 3.63) is 47.1 Å². The third-order valence-electron chi connectivity index (χ3n) is 2.90. The minimum absolute atomic E-state index is 0.477. The maximum absolute atomic E-state index is 10.1. The van der Waals surface area contributed by atoms with E-state index in [9.17, 15) is 5.11 Å². The lowest BCUT2D eigenvalue weighted by Gasteiger charge is -2.04. The zero-order valence-corrected chi connectivity index (χ0v) is 10.9. The van der Waals surface area contributed by atoms with Crippen LogP contribution in [0.15, 0.2) is 34.3 Å². The van der Waals surface area contributed by atoms with Crippen molar-refractivity contribution in [3.8, 4) is 0 Å². The highest BCUT2D eigenvalue weighted by molar-refractivity contribution is 7.15. The molecule has 0 aliphatic heterocycles. The average molecular weight is 262 g/mol. The van der Waals surface area contributed by atoms with E-state index in [2.05, 4.69) is 4.98 Å². The molecule has 3 aromatic rings. The molecule has 4 nitrogen and oxygen atoms in total. The van der Waals surface area contributed by atoms with E-state index in [0.717, 1.165) is 22.8 Å². The minimum Gasteiger partial charge on any atom is -0.463 e. The Labute approximate surface area is 109 Å². The highest BCUT2D eigenvalue weighted by Gasteiger charge is 2.15. The average Bonchev–Trinajstić information content (AvgIpc) is 3.02. The lowest BCUT2D eigenvalue weighted by Crippen LogP contribution is -2.00. The van der Waals surface area contributed by atoms with Crippen molar-refractivity contribution in [1.82, 2.24) is 9.38 Å². The fourth-order valence-corrected chi connectivity index (χ4v) is 2.66. The Morgan fingerprint density at radius 2 is 2.39 bits per heavy atom. The Morgan fingerprint density at radius 3 is 3.11 bits per heavy atom. The van der Waals surface area contributed by atoms with E-state index < -0.39 is 6.10 Å². The summed E-state index contributed by atoms with van der Waals surface area (Å²) in [6.45, 7) is 2.03. The quantitative estimate of drug-likeness (QED) is 0.786. The second-order valence-electron chi connectivity index (χ2n) is 4.20. The van der Waals surface area contributed by atoms with Crippen LogP contribution in [-0.4, -0.2) is 14.5 Å². The first-order chi connectivity index (χ1) is 8.76. The van der Waals surface area contributed by atoms with Gasteiger partial charge in [-0.25, -0.2) is 4.98 Å². The number of fused-ring (bicyclic) bond motifs is 1. The van der Waals surface area contributed by atoms with E-state index in [0.29, 0.717) is 12.2 Å². The van der Waals surface area contributed by atoms with Crippen LogP contribution in [-0.2, 0) is 12.8 Å². The molecule has 1 atom stereocenters. The summed E-state index contributed by atoms with van der Waals surface area (Å²) in [4.78, 5) is 5.39. The van der Waals surface area contributed by atoms with Crippen LogP contribution in [0.5, 0.6) is 0 Å².